The number of hydrogen-bond donors (Lipinski definition) is 0. The molecule has 0 aromatic carbocycles. The number of rotatable bonds is 4. The molecule has 0 spiro atoms. The average Bonchev–Trinajstić information content (AvgIpc) is 2.70. The molecular formula is C24H64. The molecule has 0 nitrogen and oxygen atoms in total. The second-order valence-corrected chi connectivity index (χ2v) is 4.06. The van der Waals surface area contributed by atoms with Crippen molar-refractivity contribution < 1.29 is 0 Å². The molecule has 160 valence electrons. The van der Waals surface area contributed by atoms with Crippen LogP contribution in [0.15, 0.2) is 0 Å². The van der Waals surface area contributed by atoms with E-state index in [0.717, 1.165) is 0 Å². The Bertz CT molecular complexity index is 38.0. The van der Waals surface area contributed by atoms with E-state index >= 15 is 0 Å². The molecule has 0 amide bonds. The second kappa shape index (κ2) is 174. The Kier molecular flexibility index (Phi) is 359. The lowest BCUT2D eigenvalue weighted by molar-refractivity contribution is 0.772. The third-order valence-corrected chi connectivity index (χ3v) is 1.71. The van der Waals surface area contributed by atoms with Crippen LogP contribution in [-0.2, 0) is 0 Å². The average molecular weight is 353 g/mol. The van der Waals surface area contributed by atoms with Crippen molar-refractivity contribution in [2.24, 2.45) is 0 Å². The van der Waals surface area contributed by atoms with Crippen molar-refractivity contribution in [1.29, 1.82) is 0 Å². The SMILES string of the molecule is CC.CC.CC.CC.CCC.CCCC.CCCC.CCCCC. The van der Waals surface area contributed by atoms with Gasteiger partial charge in [-0.1, -0.05) is 162 Å². The summed E-state index contributed by atoms with van der Waals surface area (Å²) in [4.78, 5) is 0. The maximum absolute atomic E-state index is 2.21. The summed E-state index contributed by atoms with van der Waals surface area (Å²) in [5.74, 6) is 0. The molecule has 0 aliphatic heterocycles. The Labute approximate surface area is 162 Å². The predicted octanol–water partition coefficient (Wildman–Crippen LogP) is 11.3. The lowest BCUT2D eigenvalue weighted by atomic mass is 10.3. The van der Waals surface area contributed by atoms with E-state index in [4.69, 9.17) is 0 Å². The minimum absolute atomic E-state index is 1.25. The third kappa shape index (κ3) is 606. The number of hydrogen-bond acceptors (Lipinski definition) is 0. The van der Waals surface area contributed by atoms with E-state index in [1.165, 1.54) is 51.4 Å². The lowest BCUT2D eigenvalue weighted by Crippen LogP contribution is -1.59. The normalized spacial score (nSPS) is 6.00. The monoisotopic (exact) mass is 353 g/mol. The van der Waals surface area contributed by atoms with Gasteiger partial charge in [-0.25, -0.2) is 0 Å². The molecule has 0 radical (unpaired) electrons. The van der Waals surface area contributed by atoms with Crippen LogP contribution in [0, 0.1) is 0 Å². The first kappa shape index (κ1) is 49.6. The fraction of sp³-hybridized carbons (Fsp3) is 1.00. The molecule has 0 aliphatic carbocycles. The molecule has 0 N–H and O–H groups in total. The molecule has 0 saturated carbocycles. The van der Waals surface area contributed by atoms with Gasteiger partial charge >= 0.3 is 0 Å². The highest BCUT2D eigenvalue weighted by molar-refractivity contribution is 4.24. The van der Waals surface area contributed by atoms with Crippen molar-refractivity contribution in [3.8, 4) is 0 Å². The Morgan fingerprint density at radius 1 is 0.292 bits per heavy atom. The van der Waals surface area contributed by atoms with E-state index in [9.17, 15) is 0 Å². The molecule has 0 atom stereocenters. The van der Waals surface area contributed by atoms with E-state index in [-0.39, 0.29) is 0 Å². The molecule has 0 aromatic heterocycles. The van der Waals surface area contributed by atoms with Crippen LogP contribution in [0.1, 0.15) is 162 Å². The van der Waals surface area contributed by atoms with Crippen LogP contribution in [0.3, 0.4) is 0 Å². The molecular weight excluding hydrogens is 288 g/mol. The summed E-state index contributed by atoms with van der Waals surface area (Å²) in [5, 5.41) is 0. The fourth-order valence-electron chi connectivity index (χ4n) is 0.354. The summed E-state index contributed by atoms with van der Waals surface area (Å²) in [6.07, 6.45) is 10.6. The second-order valence-electron chi connectivity index (χ2n) is 4.06. The van der Waals surface area contributed by atoms with Gasteiger partial charge in [0.05, 0.1) is 0 Å². The molecule has 0 saturated heterocycles. The zero-order chi connectivity index (χ0) is 21.7. The van der Waals surface area contributed by atoms with E-state index in [2.05, 4.69) is 55.4 Å². The van der Waals surface area contributed by atoms with E-state index in [1.54, 1.807) is 0 Å². The Morgan fingerprint density at radius 2 is 0.417 bits per heavy atom. The minimum atomic E-state index is 1.25. The third-order valence-electron chi connectivity index (χ3n) is 1.71. The summed E-state index contributed by atoms with van der Waals surface area (Å²) < 4.78 is 0. The van der Waals surface area contributed by atoms with E-state index in [0.29, 0.717) is 0 Å². The summed E-state index contributed by atoms with van der Waals surface area (Å²) in [5.41, 5.74) is 0. The van der Waals surface area contributed by atoms with Crippen LogP contribution in [0.25, 0.3) is 0 Å². The molecule has 0 aromatic rings. The van der Waals surface area contributed by atoms with Gasteiger partial charge in [-0.05, 0) is 0 Å². The summed E-state index contributed by atoms with van der Waals surface area (Å²) in [6, 6.07) is 0. The van der Waals surface area contributed by atoms with Gasteiger partial charge in [-0.15, -0.1) is 0 Å². The first-order chi connectivity index (χ1) is 11.7. The summed E-state index contributed by atoms with van der Waals surface area (Å²) in [7, 11) is 0. The van der Waals surface area contributed by atoms with Crippen molar-refractivity contribution in [3.05, 3.63) is 0 Å². The smallest absolute Gasteiger partial charge is 0.0538 e. The van der Waals surface area contributed by atoms with Crippen LogP contribution in [0.2, 0.25) is 0 Å². The van der Waals surface area contributed by atoms with Crippen LogP contribution in [0.4, 0.5) is 0 Å². The molecule has 0 heteroatoms. The van der Waals surface area contributed by atoms with E-state index < -0.39 is 0 Å². The minimum Gasteiger partial charge on any atom is -0.0683 e. The molecule has 24 heavy (non-hydrogen) atoms. The van der Waals surface area contributed by atoms with Gasteiger partial charge in [-0.2, -0.15) is 0 Å². The summed E-state index contributed by atoms with van der Waals surface area (Å²) >= 11 is 0. The van der Waals surface area contributed by atoms with Crippen molar-refractivity contribution in [2.75, 3.05) is 0 Å². The van der Waals surface area contributed by atoms with Gasteiger partial charge in [0.2, 0.25) is 0 Å². The highest BCUT2D eigenvalue weighted by Gasteiger charge is 1.68. The Balaban J connectivity index is -0.0000000210. The van der Waals surface area contributed by atoms with Gasteiger partial charge in [-0.3, -0.25) is 0 Å². The van der Waals surface area contributed by atoms with Gasteiger partial charge in [0.25, 0.3) is 0 Å². The largest absolute Gasteiger partial charge is 0.0683 e. The fourth-order valence-corrected chi connectivity index (χ4v) is 0.354. The van der Waals surface area contributed by atoms with Crippen LogP contribution in [-0.4, -0.2) is 0 Å². The van der Waals surface area contributed by atoms with Gasteiger partial charge in [0, 0.05) is 0 Å². The van der Waals surface area contributed by atoms with Crippen LogP contribution in [0.5, 0.6) is 0 Å². The highest BCUT2D eigenvalue weighted by atomic mass is 13.7. The van der Waals surface area contributed by atoms with Crippen LogP contribution < -0.4 is 0 Å². The van der Waals surface area contributed by atoms with Crippen molar-refractivity contribution in [3.63, 3.8) is 0 Å². The van der Waals surface area contributed by atoms with Gasteiger partial charge in [0.1, 0.15) is 0 Å². The standard InChI is InChI=1S/C5H12.2C4H10.C3H8.4C2H6/c1-3-5-4-2;2*1-3-4-2;1-3-2;4*1-2/h3-5H2,1-2H3;2*3-4H2,1-2H3;3H2,1-2H3;4*1-2H3. The van der Waals surface area contributed by atoms with Crippen LogP contribution >= 0.6 is 0 Å². The molecule has 0 aliphatic rings. The highest BCUT2D eigenvalue weighted by Crippen LogP contribution is 1.88. The topological polar surface area (TPSA) is 0 Å². The van der Waals surface area contributed by atoms with Gasteiger partial charge < -0.3 is 0 Å². The molecule has 0 bridgehead atoms. The lowest BCUT2D eigenvalue weighted by Gasteiger charge is -1.79. The van der Waals surface area contributed by atoms with Crippen molar-refractivity contribution >= 4 is 0 Å². The molecule has 0 unspecified atom stereocenters. The maximum Gasteiger partial charge on any atom is -0.0538 e. The predicted molar refractivity (Wildman–Crippen MR) is 128 cm³/mol. The first-order valence-electron chi connectivity index (χ1n) is 11.7. The number of unbranched alkanes of at least 4 members (excludes halogenated alkanes) is 4. The Hall–Kier alpha value is 0. The maximum atomic E-state index is 2.21. The van der Waals surface area contributed by atoms with E-state index in [1.807, 2.05) is 55.4 Å². The van der Waals surface area contributed by atoms with Crippen molar-refractivity contribution in [2.45, 2.75) is 162 Å². The molecule has 0 fully saturated rings. The van der Waals surface area contributed by atoms with Crippen molar-refractivity contribution in [1.82, 2.24) is 0 Å². The molecule has 0 heterocycles. The first-order valence-corrected chi connectivity index (χ1v) is 11.7. The summed E-state index contributed by atoms with van der Waals surface area (Å²) in [6.45, 7) is 33.4. The Morgan fingerprint density at radius 3 is 0.417 bits per heavy atom. The molecule has 0 rings (SSSR count). The zero-order valence-corrected chi connectivity index (χ0v) is 21.7. The zero-order valence-electron chi connectivity index (χ0n) is 21.7. The van der Waals surface area contributed by atoms with Gasteiger partial charge in [0.15, 0.2) is 0 Å². The quantitative estimate of drug-likeness (QED) is 0.471.